The van der Waals surface area contributed by atoms with Crippen LogP contribution in [0.4, 0.5) is 18.9 Å². The van der Waals surface area contributed by atoms with Gasteiger partial charge in [-0.3, -0.25) is 4.79 Å². The minimum absolute atomic E-state index is 0.109. The molecular weight excluding hydrogens is 219 g/mol. The summed E-state index contributed by atoms with van der Waals surface area (Å²) in [6.07, 6.45) is -3.51. The third-order valence-corrected chi connectivity index (χ3v) is 1.93. The maximum atomic E-state index is 12.0. The standard InChI is InChI=1S/C11H10F3NO/c1-3-8-5-4-7(2)6-9(8)15-10(16)11(12,13)14/h3-6H,1H2,2H3,(H,15,16). The number of amides is 1. The number of hydrogen-bond acceptors (Lipinski definition) is 1. The molecule has 5 heteroatoms. The van der Waals surface area contributed by atoms with Crippen LogP contribution >= 0.6 is 0 Å². The van der Waals surface area contributed by atoms with Crippen molar-refractivity contribution in [1.82, 2.24) is 0 Å². The molecule has 0 aliphatic rings. The van der Waals surface area contributed by atoms with E-state index in [1.54, 1.807) is 19.1 Å². The van der Waals surface area contributed by atoms with Crippen LogP contribution in [0.15, 0.2) is 24.8 Å². The largest absolute Gasteiger partial charge is 0.471 e. The minimum atomic E-state index is -4.89. The van der Waals surface area contributed by atoms with Crippen LogP contribution in [0.1, 0.15) is 11.1 Å². The number of aryl methyl sites for hydroxylation is 1. The van der Waals surface area contributed by atoms with E-state index in [9.17, 15) is 18.0 Å². The first-order valence-corrected chi connectivity index (χ1v) is 4.46. The number of hydrogen-bond donors (Lipinski definition) is 1. The number of rotatable bonds is 2. The lowest BCUT2D eigenvalue weighted by molar-refractivity contribution is -0.167. The van der Waals surface area contributed by atoms with Gasteiger partial charge in [-0.05, 0) is 24.1 Å². The highest BCUT2D eigenvalue weighted by Crippen LogP contribution is 2.22. The van der Waals surface area contributed by atoms with Gasteiger partial charge in [0.2, 0.25) is 0 Å². The summed E-state index contributed by atoms with van der Waals surface area (Å²) in [4.78, 5) is 10.7. The summed E-state index contributed by atoms with van der Waals surface area (Å²) in [7, 11) is 0. The first kappa shape index (κ1) is 12.3. The van der Waals surface area contributed by atoms with Crippen molar-refractivity contribution in [2.75, 3.05) is 5.32 Å². The van der Waals surface area contributed by atoms with Gasteiger partial charge >= 0.3 is 12.1 Å². The summed E-state index contributed by atoms with van der Waals surface area (Å²) >= 11 is 0. The normalized spacial score (nSPS) is 11.0. The summed E-state index contributed by atoms with van der Waals surface area (Å²) in [5.74, 6) is -1.98. The van der Waals surface area contributed by atoms with Crippen LogP contribution in [0.25, 0.3) is 6.08 Å². The van der Waals surface area contributed by atoms with Gasteiger partial charge in [0.15, 0.2) is 0 Å². The molecule has 0 atom stereocenters. The molecule has 0 saturated carbocycles. The predicted molar refractivity (Wildman–Crippen MR) is 56.0 cm³/mol. The Labute approximate surface area is 90.8 Å². The fourth-order valence-corrected chi connectivity index (χ4v) is 1.15. The Hall–Kier alpha value is -1.78. The molecule has 86 valence electrons. The molecule has 0 unspecified atom stereocenters. The van der Waals surface area contributed by atoms with Gasteiger partial charge in [-0.25, -0.2) is 0 Å². The van der Waals surface area contributed by atoms with Crippen molar-refractivity contribution in [3.05, 3.63) is 35.9 Å². The van der Waals surface area contributed by atoms with Crippen molar-refractivity contribution in [3.8, 4) is 0 Å². The van der Waals surface area contributed by atoms with Gasteiger partial charge in [-0.1, -0.05) is 24.8 Å². The maximum Gasteiger partial charge on any atom is 0.471 e. The predicted octanol–water partition coefficient (Wildman–Crippen LogP) is 3.14. The number of carbonyl (C=O) groups excluding carboxylic acids is 1. The van der Waals surface area contributed by atoms with Gasteiger partial charge in [-0.2, -0.15) is 13.2 Å². The summed E-state index contributed by atoms with van der Waals surface area (Å²) in [6.45, 7) is 5.18. The van der Waals surface area contributed by atoms with Gasteiger partial charge in [-0.15, -0.1) is 0 Å². The second-order valence-corrected chi connectivity index (χ2v) is 3.25. The zero-order valence-electron chi connectivity index (χ0n) is 8.56. The van der Waals surface area contributed by atoms with Crippen LogP contribution < -0.4 is 5.32 Å². The molecule has 0 fully saturated rings. The van der Waals surface area contributed by atoms with Crippen molar-refractivity contribution in [2.45, 2.75) is 13.1 Å². The number of benzene rings is 1. The summed E-state index contributed by atoms with van der Waals surface area (Å²) in [6, 6.07) is 4.77. The summed E-state index contributed by atoms with van der Waals surface area (Å²) in [5.41, 5.74) is 1.31. The van der Waals surface area contributed by atoms with E-state index in [-0.39, 0.29) is 5.69 Å². The van der Waals surface area contributed by atoms with E-state index in [0.29, 0.717) is 5.56 Å². The Kier molecular flexibility index (Phi) is 3.37. The highest BCUT2D eigenvalue weighted by atomic mass is 19.4. The van der Waals surface area contributed by atoms with E-state index in [1.807, 2.05) is 5.32 Å². The molecule has 0 spiro atoms. The zero-order valence-corrected chi connectivity index (χ0v) is 8.56. The molecule has 0 aliphatic heterocycles. The topological polar surface area (TPSA) is 29.1 Å². The lowest BCUT2D eigenvalue weighted by Gasteiger charge is -2.11. The minimum Gasteiger partial charge on any atom is -0.318 e. The van der Waals surface area contributed by atoms with Crippen molar-refractivity contribution in [2.24, 2.45) is 0 Å². The van der Waals surface area contributed by atoms with Gasteiger partial charge in [0.25, 0.3) is 0 Å². The van der Waals surface area contributed by atoms with E-state index >= 15 is 0 Å². The lowest BCUT2D eigenvalue weighted by Crippen LogP contribution is -2.30. The van der Waals surface area contributed by atoms with Crippen molar-refractivity contribution in [1.29, 1.82) is 0 Å². The molecule has 1 aromatic carbocycles. The number of alkyl halides is 3. The molecule has 1 amide bonds. The Balaban J connectivity index is 3.00. The molecule has 1 rings (SSSR count). The number of anilines is 1. The van der Waals surface area contributed by atoms with Crippen LogP contribution in [0.2, 0.25) is 0 Å². The molecule has 1 N–H and O–H groups in total. The van der Waals surface area contributed by atoms with Crippen molar-refractivity contribution >= 4 is 17.7 Å². The molecule has 1 aromatic rings. The van der Waals surface area contributed by atoms with E-state index in [1.165, 1.54) is 12.1 Å². The van der Waals surface area contributed by atoms with E-state index < -0.39 is 12.1 Å². The monoisotopic (exact) mass is 229 g/mol. The second-order valence-electron chi connectivity index (χ2n) is 3.25. The summed E-state index contributed by atoms with van der Waals surface area (Å²) < 4.78 is 36.1. The first-order valence-electron chi connectivity index (χ1n) is 4.46. The lowest BCUT2D eigenvalue weighted by atomic mass is 10.1. The molecule has 0 saturated heterocycles. The van der Waals surface area contributed by atoms with Crippen LogP contribution in [0.5, 0.6) is 0 Å². The molecule has 2 nitrogen and oxygen atoms in total. The molecule has 0 aromatic heterocycles. The van der Waals surface area contributed by atoms with Crippen molar-refractivity contribution < 1.29 is 18.0 Å². The Morgan fingerprint density at radius 1 is 1.44 bits per heavy atom. The fraction of sp³-hybridized carbons (Fsp3) is 0.182. The molecule has 0 aliphatic carbocycles. The van der Waals surface area contributed by atoms with Crippen molar-refractivity contribution in [3.63, 3.8) is 0 Å². The first-order chi connectivity index (χ1) is 7.34. The fourth-order valence-electron chi connectivity index (χ4n) is 1.15. The third-order valence-electron chi connectivity index (χ3n) is 1.93. The van der Waals surface area contributed by atoms with E-state index in [0.717, 1.165) is 5.56 Å². The maximum absolute atomic E-state index is 12.0. The van der Waals surface area contributed by atoms with E-state index in [2.05, 4.69) is 6.58 Å². The Bertz CT molecular complexity index is 424. The van der Waals surface area contributed by atoms with Gasteiger partial charge in [0.05, 0.1) is 0 Å². The molecular formula is C11H10F3NO. The quantitative estimate of drug-likeness (QED) is 0.829. The van der Waals surface area contributed by atoms with Gasteiger partial charge < -0.3 is 5.32 Å². The number of nitrogens with one attached hydrogen (secondary N) is 1. The zero-order chi connectivity index (χ0) is 12.3. The molecule has 0 bridgehead atoms. The smallest absolute Gasteiger partial charge is 0.318 e. The highest BCUT2D eigenvalue weighted by molar-refractivity contribution is 5.96. The van der Waals surface area contributed by atoms with Crippen LogP contribution in [0.3, 0.4) is 0 Å². The molecule has 0 heterocycles. The van der Waals surface area contributed by atoms with Crippen LogP contribution in [-0.2, 0) is 4.79 Å². The third kappa shape index (κ3) is 2.85. The Morgan fingerprint density at radius 3 is 2.56 bits per heavy atom. The highest BCUT2D eigenvalue weighted by Gasteiger charge is 2.38. The van der Waals surface area contributed by atoms with Gasteiger partial charge in [0.1, 0.15) is 0 Å². The number of halogens is 3. The molecule has 16 heavy (non-hydrogen) atoms. The van der Waals surface area contributed by atoms with E-state index in [4.69, 9.17) is 0 Å². The van der Waals surface area contributed by atoms with Crippen LogP contribution in [-0.4, -0.2) is 12.1 Å². The van der Waals surface area contributed by atoms with Gasteiger partial charge in [0, 0.05) is 5.69 Å². The average Bonchev–Trinajstić information content (AvgIpc) is 2.16. The SMILES string of the molecule is C=Cc1ccc(C)cc1NC(=O)C(F)(F)F. The average molecular weight is 229 g/mol. The number of carbonyl (C=O) groups is 1. The summed E-state index contributed by atoms with van der Waals surface area (Å²) in [5, 5.41) is 1.81. The Morgan fingerprint density at radius 2 is 2.06 bits per heavy atom. The molecule has 0 radical (unpaired) electrons. The van der Waals surface area contributed by atoms with Crippen LogP contribution in [0, 0.1) is 6.92 Å². The second kappa shape index (κ2) is 4.38.